The molecule has 0 aromatic heterocycles. The Kier molecular flexibility index (Phi) is 4.71. The Morgan fingerprint density at radius 3 is 2.15 bits per heavy atom. The summed E-state index contributed by atoms with van der Waals surface area (Å²) in [6.07, 6.45) is -0.831. The molecule has 0 spiro atoms. The second kappa shape index (κ2) is 4.63. The monoisotopic (exact) mass is 235 g/mol. The van der Waals surface area contributed by atoms with Gasteiger partial charge in [0.15, 0.2) is 0 Å². The van der Waals surface area contributed by atoms with Gasteiger partial charge in [0.1, 0.15) is 0 Å². The van der Waals surface area contributed by atoms with Gasteiger partial charge in [-0.1, -0.05) is 0 Å². The molecule has 80 valence electrons. The van der Waals surface area contributed by atoms with Crippen LogP contribution in [0.4, 0.5) is 0 Å². The second-order valence-electron chi connectivity index (χ2n) is 2.19. The van der Waals surface area contributed by atoms with Crippen LogP contribution >= 0.6 is 15.6 Å². The quantitative estimate of drug-likeness (QED) is 0.470. The smallest absolute Gasteiger partial charge is 0.328 e. The van der Waals surface area contributed by atoms with Crippen LogP contribution in [-0.2, 0) is 18.0 Å². The maximum Gasteiger partial charge on any atom is 0.481 e. The van der Waals surface area contributed by atoms with Gasteiger partial charge in [0.25, 0.3) is 0 Å². The number of phosphoric ester groups is 1. The lowest BCUT2D eigenvalue weighted by Gasteiger charge is -2.15. The Bertz CT molecular complexity index is 248. The van der Waals surface area contributed by atoms with Crippen molar-refractivity contribution in [2.75, 3.05) is 6.54 Å². The highest BCUT2D eigenvalue weighted by Crippen LogP contribution is 2.57. The normalized spacial score (nSPS) is 19.5. The molecule has 0 saturated heterocycles. The van der Waals surface area contributed by atoms with Crippen molar-refractivity contribution in [3.63, 3.8) is 0 Å². The van der Waals surface area contributed by atoms with Crippen molar-refractivity contribution in [2.24, 2.45) is 5.73 Å². The first-order valence-electron chi connectivity index (χ1n) is 3.14. The topological polar surface area (TPSA) is 139 Å². The Morgan fingerprint density at radius 2 is 1.85 bits per heavy atom. The lowest BCUT2D eigenvalue weighted by atomic mass is 10.4. The standard InChI is InChI=1S/C3H11NO7P2/c1-3(2-4)10-13(8,9)11-12(5,6)7/h3H,2,4H2,1H3,(H,8,9)(H2,5,6,7). The van der Waals surface area contributed by atoms with Crippen LogP contribution in [0.2, 0.25) is 0 Å². The van der Waals surface area contributed by atoms with Gasteiger partial charge in [-0.25, -0.2) is 9.13 Å². The number of hydrogen-bond acceptors (Lipinski definition) is 5. The Morgan fingerprint density at radius 1 is 1.38 bits per heavy atom. The summed E-state index contributed by atoms with van der Waals surface area (Å²) >= 11 is 0. The van der Waals surface area contributed by atoms with E-state index >= 15 is 0 Å². The molecule has 2 unspecified atom stereocenters. The van der Waals surface area contributed by atoms with Gasteiger partial charge < -0.3 is 20.4 Å². The Balaban J connectivity index is 4.26. The van der Waals surface area contributed by atoms with Crippen molar-refractivity contribution < 1.29 is 32.6 Å². The molecule has 8 nitrogen and oxygen atoms in total. The highest BCUT2D eigenvalue weighted by molar-refractivity contribution is 7.60. The predicted molar refractivity (Wildman–Crippen MR) is 42.6 cm³/mol. The first-order chi connectivity index (χ1) is 5.66. The van der Waals surface area contributed by atoms with E-state index in [2.05, 4.69) is 8.83 Å². The molecule has 0 fully saturated rings. The largest absolute Gasteiger partial charge is 0.481 e. The van der Waals surface area contributed by atoms with Crippen molar-refractivity contribution in [3.8, 4) is 0 Å². The van der Waals surface area contributed by atoms with Crippen LogP contribution in [0.5, 0.6) is 0 Å². The van der Waals surface area contributed by atoms with Gasteiger partial charge in [-0.15, -0.1) is 0 Å². The summed E-state index contributed by atoms with van der Waals surface area (Å²) in [4.78, 5) is 25.1. The van der Waals surface area contributed by atoms with E-state index in [1.807, 2.05) is 0 Å². The third-order valence-corrected chi connectivity index (χ3v) is 3.16. The van der Waals surface area contributed by atoms with Gasteiger partial charge in [0, 0.05) is 6.54 Å². The zero-order valence-electron chi connectivity index (χ0n) is 6.73. The summed E-state index contributed by atoms with van der Waals surface area (Å²) in [5, 5.41) is 0. The highest BCUT2D eigenvalue weighted by Gasteiger charge is 2.33. The predicted octanol–water partition coefficient (Wildman–Crippen LogP) is -0.440. The average Bonchev–Trinajstić information content (AvgIpc) is 1.80. The molecule has 0 aliphatic heterocycles. The molecule has 0 aliphatic rings. The van der Waals surface area contributed by atoms with E-state index < -0.39 is 21.7 Å². The van der Waals surface area contributed by atoms with Crippen LogP contribution in [-0.4, -0.2) is 27.3 Å². The molecule has 0 aliphatic carbocycles. The van der Waals surface area contributed by atoms with Crippen LogP contribution in [0.25, 0.3) is 0 Å². The van der Waals surface area contributed by atoms with Gasteiger partial charge in [0.05, 0.1) is 6.10 Å². The first kappa shape index (κ1) is 13.2. The zero-order chi connectivity index (χ0) is 10.7. The summed E-state index contributed by atoms with van der Waals surface area (Å²) in [6.45, 7) is 1.28. The molecule has 0 radical (unpaired) electrons. The number of rotatable bonds is 5. The molecule has 0 heterocycles. The number of nitrogens with two attached hydrogens (primary N) is 1. The average molecular weight is 235 g/mol. The SMILES string of the molecule is CC(CN)OP(=O)(O)OP(=O)(O)O. The zero-order valence-corrected chi connectivity index (χ0v) is 8.52. The summed E-state index contributed by atoms with van der Waals surface area (Å²) in [6, 6.07) is 0. The van der Waals surface area contributed by atoms with E-state index in [9.17, 15) is 9.13 Å². The van der Waals surface area contributed by atoms with Gasteiger partial charge >= 0.3 is 15.6 Å². The minimum Gasteiger partial charge on any atom is -0.328 e. The fraction of sp³-hybridized carbons (Fsp3) is 1.00. The van der Waals surface area contributed by atoms with Gasteiger partial charge in [-0.05, 0) is 6.92 Å². The molecule has 10 heteroatoms. The van der Waals surface area contributed by atoms with E-state index in [0.717, 1.165) is 0 Å². The molecule has 0 aromatic carbocycles. The van der Waals surface area contributed by atoms with Crippen molar-refractivity contribution in [2.45, 2.75) is 13.0 Å². The van der Waals surface area contributed by atoms with Crippen molar-refractivity contribution >= 4 is 15.6 Å². The molecule has 0 amide bonds. The Labute approximate surface area is 74.5 Å². The van der Waals surface area contributed by atoms with Crippen LogP contribution in [0.15, 0.2) is 0 Å². The number of phosphoric acid groups is 2. The number of hydrogen-bond donors (Lipinski definition) is 4. The summed E-state index contributed by atoms with van der Waals surface area (Å²) in [7, 11) is -9.76. The molecule has 0 bridgehead atoms. The highest BCUT2D eigenvalue weighted by atomic mass is 31.3. The summed E-state index contributed by atoms with van der Waals surface area (Å²) < 4.78 is 28.6. The van der Waals surface area contributed by atoms with Crippen molar-refractivity contribution in [1.82, 2.24) is 0 Å². The molecule has 2 atom stereocenters. The van der Waals surface area contributed by atoms with Crippen LogP contribution in [0.3, 0.4) is 0 Å². The van der Waals surface area contributed by atoms with Gasteiger partial charge in [0.2, 0.25) is 0 Å². The van der Waals surface area contributed by atoms with Crippen molar-refractivity contribution in [3.05, 3.63) is 0 Å². The van der Waals surface area contributed by atoms with E-state index in [0.29, 0.717) is 0 Å². The van der Waals surface area contributed by atoms with E-state index in [4.69, 9.17) is 20.4 Å². The summed E-state index contributed by atoms with van der Waals surface area (Å²) in [5.41, 5.74) is 5.04. The van der Waals surface area contributed by atoms with E-state index in [1.165, 1.54) is 6.92 Å². The Hall–Kier alpha value is 0.220. The van der Waals surface area contributed by atoms with E-state index in [1.54, 1.807) is 0 Å². The molecule has 0 rings (SSSR count). The maximum atomic E-state index is 10.8. The molecule has 13 heavy (non-hydrogen) atoms. The lowest BCUT2D eigenvalue weighted by molar-refractivity contribution is 0.141. The summed E-state index contributed by atoms with van der Waals surface area (Å²) in [5.74, 6) is 0. The first-order valence-corrected chi connectivity index (χ1v) is 6.17. The van der Waals surface area contributed by atoms with Gasteiger partial charge in [-0.3, -0.25) is 4.52 Å². The molecule has 0 saturated carbocycles. The van der Waals surface area contributed by atoms with Crippen molar-refractivity contribution in [1.29, 1.82) is 0 Å². The minimum atomic E-state index is -5.03. The minimum absolute atomic E-state index is 0.0743. The lowest BCUT2D eigenvalue weighted by Crippen LogP contribution is -2.19. The molecular weight excluding hydrogens is 224 g/mol. The molecular formula is C3H11NO7P2. The fourth-order valence-corrected chi connectivity index (χ4v) is 2.19. The maximum absolute atomic E-state index is 10.8. The molecule has 0 aromatic rings. The third kappa shape index (κ3) is 7.30. The van der Waals surface area contributed by atoms with Crippen LogP contribution in [0, 0.1) is 0 Å². The van der Waals surface area contributed by atoms with E-state index in [-0.39, 0.29) is 6.54 Å². The van der Waals surface area contributed by atoms with Crippen LogP contribution < -0.4 is 5.73 Å². The van der Waals surface area contributed by atoms with Crippen LogP contribution in [0.1, 0.15) is 6.92 Å². The second-order valence-corrected chi connectivity index (χ2v) is 4.97. The third-order valence-electron chi connectivity index (χ3n) is 0.855. The van der Waals surface area contributed by atoms with Gasteiger partial charge in [-0.2, -0.15) is 4.31 Å². The fourth-order valence-electron chi connectivity index (χ4n) is 0.424. The molecule has 5 N–H and O–H groups in total.